The minimum Gasteiger partial charge on any atom is -0.447 e. The van der Waals surface area contributed by atoms with Crippen LogP contribution >= 0.6 is 0 Å². The summed E-state index contributed by atoms with van der Waals surface area (Å²) in [7, 11) is 0. The molecule has 0 aromatic heterocycles. The third-order valence-corrected chi connectivity index (χ3v) is 5.08. The number of carbonyl (C=O) groups excluding carboxylic acids is 3. The van der Waals surface area contributed by atoms with Crippen molar-refractivity contribution in [3.63, 3.8) is 0 Å². The Morgan fingerprint density at radius 2 is 1.75 bits per heavy atom. The zero-order chi connectivity index (χ0) is 23.6. The van der Waals surface area contributed by atoms with Gasteiger partial charge in [-0.3, -0.25) is 9.69 Å². The Morgan fingerprint density at radius 1 is 1.16 bits per heavy atom. The number of ether oxygens (including phenoxy) is 2. The van der Waals surface area contributed by atoms with Crippen LogP contribution in [-0.2, 0) is 14.3 Å². The minimum absolute atomic E-state index is 0.00325. The first-order valence-electron chi connectivity index (χ1n) is 10.4. The maximum atomic E-state index is 15.0. The highest BCUT2D eigenvalue weighted by Gasteiger charge is 2.36. The molecule has 176 valence electrons. The maximum Gasteiger partial charge on any atom is 0.414 e. The molecular formula is C21H28F2N4O5. The lowest BCUT2D eigenvalue weighted by Crippen LogP contribution is -2.50. The van der Waals surface area contributed by atoms with E-state index in [1.165, 1.54) is 16.7 Å². The van der Waals surface area contributed by atoms with Crippen molar-refractivity contribution in [2.45, 2.75) is 39.3 Å². The topological polar surface area (TPSA) is 91.4 Å². The van der Waals surface area contributed by atoms with Gasteiger partial charge in [0.15, 0.2) is 11.6 Å². The van der Waals surface area contributed by atoms with E-state index in [4.69, 9.17) is 9.47 Å². The molecule has 32 heavy (non-hydrogen) atoms. The summed E-state index contributed by atoms with van der Waals surface area (Å²) >= 11 is 0. The third kappa shape index (κ3) is 5.38. The zero-order valence-corrected chi connectivity index (χ0v) is 18.6. The Kier molecular flexibility index (Phi) is 6.75. The van der Waals surface area contributed by atoms with Gasteiger partial charge in [0.2, 0.25) is 5.91 Å². The molecule has 2 fully saturated rings. The number of rotatable bonds is 4. The summed E-state index contributed by atoms with van der Waals surface area (Å²) in [4.78, 5) is 39.6. The van der Waals surface area contributed by atoms with E-state index in [-0.39, 0.29) is 56.6 Å². The van der Waals surface area contributed by atoms with E-state index in [0.29, 0.717) is 0 Å². The first-order valence-corrected chi connectivity index (χ1v) is 10.4. The van der Waals surface area contributed by atoms with E-state index < -0.39 is 35.5 Å². The molecule has 0 aliphatic carbocycles. The van der Waals surface area contributed by atoms with Crippen molar-refractivity contribution in [1.29, 1.82) is 0 Å². The van der Waals surface area contributed by atoms with Crippen molar-refractivity contribution >= 4 is 29.5 Å². The average Bonchev–Trinajstić information content (AvgIpc) is 3.05. The third-order valence-electron chi connectivity index (χ3n) is 5.08. The number of nitrogens with zero attached hydrogens (tertiary/aromatic N) is 3. The molecule has 1 atom stereocenters. The number of carbonyl (C=O) groups is 3. The molecule has 2 heterocycles. The van der Waals surface area contributed by atoms with Crippen LogP contribution in [0.4, 0.5) is 29.7 Å². The van der Waals surface area contributed by atoms with Gasteiger partial charge in [-0.2, -0.15) is 0 Å². The second-order valence-corrected chi connectivity index (χ2v) is 8.75. The number of cyclic esters (lactones) is 1. The molecular weight excluding hydrogens is 426 g/mol. The van der Waals surface area contributed by atoms with Crippen molar-refractivity contribution in [1.82, 2.24) is 10.2 Å². The highest BCUT2D eigenvalue weighted by molar-refractivity contribution is 5.91. The highest BCUT2D eigenvalue weighted by Crippen LogP contribution is 2.32. The summed E-state index contributed by atoms with van der Waals surface area (Å²) in [5, 5.41) is 2.58. The molecule has 1 aromatic rings. The fraction of sp³-hybridized carbons (Fsp3) is 0.571. The molecule has 3 rings (SSSR count). The molecule has 2 aliphatic heterocycles. The molecule has 1 N–H and O–H groups in total. The monoisotopic (exact) mass is 454 g/mol. The van der Waals surface area contributed by atoms with Crippen LogP contribution in [0.25, 0.3) is 0 Å². The van der Waals surface area contributed by atoms with Crippen LogP contribution in [0.1, 0.15) is 27.7 Å². The number of nitrogens with one attached hydrogen (secondary N) is 1. The van der Waals surface area contributed by atoms with Crippen molar-refractivity contribution in [3.05, 3.63) is 23.8 Å². The smallest absolute Gasteiger partial charge is 0.414 e. The number of piperazine rings is 1. The molecule has 2 aliphatic rings. The lowest BCUT2D eigenvalue weighted by molar-refractivity contribution is -0.119. The Bertz CT molecular complexity index is 874. The average molecular weight is 454 g/mol. The fourth-order valence-corrected chi connectivity index (χ4v) is 3.62. The largest absolute Gasteiger partial charge is 0.447 e. The van der Waals surface area contributed by atoms with Gasteiger partial charge in [-0.15, -0.1) is 0 Å². The van der Waals surface area contributed by atoms with Crippen LogP contribution in [-0.4, -0.2) is 74.0 Å². The summed E-state index contributed by atoms with van der Waals surface area (Å²) in [6, 6.07) is 1.58. The summed E-state index contributed by atoms with van der Waals surface area (Å²) < 4.78 is 40.2. The van der Waals surface area contributed by atoms with E-state index in [2.05, 4.69) is 5.32 Å². The van der Waals surface area contributed by atoms with Gasteiger partial charge < -0.3 is 24.6 Å². The molecule has 0 radical (unpaired) electrons. The lowest BCUT2D eigenvalue weighted by Gasteiger charge is -2.37. The SMILES string of the molecule is CC(=O)NCC1COC(=O)N1c1cc(F)c(N2CCN(C(=O)OC(C)(C)C)CC2)c(F)c1. The van der Waals surface area contributed by atoms with Gasteiger partial charge in [0.1, 0.15) is 17.9 Å². The first kappa shape index (κ1) is 23.6. The molecule has 0 bridgehead atoms. The first-order chi connectivity index (χ1) is 15.0. The van der Waals surface area contributed by atoms with E-state index in [1.807, 2.05) is 0 Å². The van der Waals surface area contributed by atoms with Gasteiger partial charge in [0.05, 0.1) is 11.7 Å². The normalized spacial score (nSPS) is 19.1. The van der Waals surface area contributed by atoms with E-state index in [9.17, 15) is 23.2 Å². The van der Waals surface area contributed by atoms with Gasteiger partial charge in [0, 0.05) is 51.8 Å². The number of hydrogen-bond donors (Lipinski definition) is 1. The van der Waals surface area contributed by atoms with Crippen molar-refractivity contribution < 1.29 is 32.6 Å². The number of hydrogen-bond acceptors (Lipinski definition) is 6. The summed E-state index contributed by atoms with van der Waals surface area (Å²) in [5.41, 5.74) is -0.839. The Labute approximate surface area is 185 Å². The minimum atomic E-state index is -0.830. The molecule has 11 heteroatoms. The van der Waals surface area contributed by atoms with Crippen molar-refractivity contribution in [2.75, 3.05) is 49.1 Å². The molecule has 1 aromatic carbocycles. The number of anilines is 2. The number of benzene rings is 1. The second-order valence-electron chi connectivity index (χ2n) is 8.75. The van der Waals surface area contributed by atoms with Crippen LogP contribution in [0.15, 0.2) is 12.1 Å². The van der Waals surface area contributed by atoms with E-state index >= 15 is 0 Å². The molecule has 2 saturated heterocycles. The van der Waals surface area contributed by atoms with Crippen LogP contribution in [0.5, 0.6) is 0 Å². The predicted octanol–water partition coefficient (Wildman–Crippen LogP) is 2.48. The van der Waals surface area contributed by atoms with Gasteiger partial charge in [0.25, 0.3) is 0 Å². The lowest BCUT2D eigenvalue weighted by atomic mass is 10.1. The van der Waals surface area contributed by atoms with Gasteiger partial charge in [-0.05, 0) is 20.8 Å². The second kappa shape index (κ2) is 9.17. The van der Waals surface area contributed by atoms with Crippen LogP contribution < -0.4 is 15.1 Å². The highest BCUT2D eigenvalue weighted by atomic mass is 19.1. The Balaban J connectivity index is 1.72. The van der Waals surface area contributed by atoms with Crippen LogP contribution in [0.2, 0.25) is 0 Å². The summed E-state index contributed by atoms with van der Waals surface area (Å²) in [5.74, 6) is -1.95. The summed E-state index contributed by atoms with van der Waals surface area (Å²) in [6.45, 7) is 7.69. The number of halogens is 2. The molecule has 9 nitrogen and oxygen atoms in total. The van der Waals surface area contributed by atoms with Gasteiger partial charge in [-0.25, -0.2) is 18.4 Å². The van der Waals surface area contributed by atoms with Crippen LogP contribution in [0.3, 0.4) is 0 Å². The van der Waals surface area contributed by atoms with Crippen LogP contribution in [0, 0.1) is 11.6 Å². The number of amides is 3. The van der Waals surface area contributed by atoms with E-state index in [0.717, 1.165) is 17.0 Å². The standard InChI is InChI=1S/C21H28F2N4O5/c1-13(28)24-11-15-12-31-20(30)27(15)14-9-16(22)18(17(23)10-14)25-5-7-26(8-6-25)19(29)32-21(2,3)4/h9-10,15H,5-8,11-12H2,1-4H3,(H,24,28). The zero-order valence-electron chi connectivity index (χ0n) is 18.6. The maximum absolute atomic E-state index is 15.0. The Hall–Kier alpha value is -3.11. The molecule has 3 amide bonds. The van der Waals surface area contributed by atoms with E-state index in [1.54, 1.807) is 20.8 Å². The van der Waals surface area contributed by atoms with Gasteiger partial charge in [-0.1, -0.05) is 0 Å². The Morgan fingerprint density at radius 3 is 2.28 bits per heavy atom. The molecule has 0 spiro atoms. The van der Waals surface area contributed by atoms with Crippen molar-refractivity contribution in [2.24, 2.45) is 0 Å². The van der Waals surface area contributed by atoms with Gasteiger partial charge >= 0.3 is 12.2 Å². The molecule has 1 unspecified atom stereocenters. The fourth-order valence-electron chi connectivity index (χ4n) is 3.62. The molecule has 0 saturated carbocycles. The summed E-state index contributed by atoms with van der Waals surface area (Å²) in [6.07, 6.45) is -1.20. The quantitative estimate of drug-likeness (QED) is 0.752. The predicted molar refractivity (Wildman–Crippen MR) is 113 cm³/mol. The van der Waals surface area contributed by atoms with Crippen molar-refractivity contribution in [3.8, 4) is 0 Å².